The van der Waals surface area contributed by atoms with Crippen LogP contribution in [0.3, 0.4) is 0 Å². The van der Waals surface area contributed by atoms with Gasteiger partial charge in [0, 0.05) is 18.2 Å². The second-order valence-electron chi connectivity index (χ2n) is 7.66. The summed E-state index contributed by atoms with van der Waals surface area (Å²) in [5.41, 5.74) is 2.47. The molecule has 0 aliphatic rings. The molecule has 0 aromatic heterocycles. The van der Waals surface area contributed by atoms with Gasteiger partial charge in [-0.05, 0) is 34.7 Å². The summed E-state index contributed by atoms with van der Waals surface area (Å²) in [6, 6.07) is 13.2. The van der Waals surface area contributed by atoms with Crippen molar-refractivity contribution in [1.82, 2.24) is 10.6 Å². The van der Waals surface area contributed by atoms with E-state index in [9.17, 15) is 19.5 Å². The highest BCUT2D eigenvalue weighted by Gasteiger charge is 2.21. The molecule has 2 aromatic carbocycles. The average molecular weight is 382 g/mol. The first kappa shape index (κ1) is 21.2. The molecule has 148 valence electrons. The molecule has 0 saturated carbocycles. The Morgan fingerprint density at radius 2 is 1.54 bits per heavy atom. The maximum Gasteiger partial charge on any atom is 0.305 e. The highest BCUT2D eigenvalue weighted by molar-refractivity contribution is 5.99. The monoisotopic (exact) mass is 382 g/mol. The molecule has 1 unspecified atom stereocenters. The summed E-state index contributed by atoms with van der Waals surface area (Å²) in [4.78, 5) is 35.7. The zero-order valence-corrected chi connectivity index (χ0v) is 16.6. The molecule has 3 N–H and O–H groups in total. The van der Waals surface area contributed by atoms with Crippen molar-refractivity contribution in [3.05, 3.63) is 70.8 Å². The van der Waals surface area contributed by atoms with Crippen molar-refractivity contribution >= 4 is 17.8 Å². The molecule has 6 heteroatoms. The van der Waals surface area contributed by atoms with Gasteiger partial charge in [-0.1, -0.05) is 51.1 Å². The van der Waals surface area contributed by atoms with Crippen molar-refractivity contribution in [3.8, 4) is 0 Å². The van der Waals surface area contributed by atoms with Gasteiger partial charge in [0.2, 0.25) is 0 Å². The normalized spacial score (nSPS) is 12.1. The fourth-order valence-corrected chi connectivity index (χ4v) is 2.83. The van der Waals surface area contributed by atoms with Gasteiger partial charge in [0.15, 0.2) is 0 Å². The Morgan fingerprint density at radius 3 is 2.04 bits per heavy atom. The Morgan fingerprint density at radius 1 is 0.964 bits per heavy atom. The molecule has 2 rings (SSSR count). The number of nitrogens with one attached hydrogen (secondary N) is 2. The number of rotatable bonds is 6. The van der Waals surface area contributed by atoms with Crippen LogP contribution in [0.5, 0.6) is 0 Å². The Kier molecular flexibility index (Phi) is 6.57. The molecule has 0 aliphatic heterocycles. The Labute approximate surface area is 165 Å². The summed E-state index contributed by atoms with van der Waals surface area (Å²) in [5.74, 6) is -1.74. The van der Waals surface area contributed by atoms with E-state index in [1.54, 1.807) is 18.2 Å². The van der Waals surface area contributed by atoms with Crippen LogP contribution in [0, 0.1) is 0 Å². The predicted molar refractivity (Wildman–Crippen MR) is 107 cm³/mol. The topological polar surface area (TPSA) is 95.5 Å². The van der Waals surface area contributed by atoms with Crippen LogP contribution in [0.15, 0.2) is 48.5 Å². The molecule has 0 saturated heterocycles. The molecule has 2 aromatic rings. The van der Waals surface area contributed by atoms with Crippen molar-refractivity contribution in [2.75, 3.05) is 7.05 Å². The van der Waals surface area contributed by atoms with Crippen molar-refractivity contribution in [2.45, 2.75) is 38.6 Å². The molecule has 0 bridgehead atoms. The summed E-state index contributed by atoms with van der Waals surface area (Å²) < 4.78 is 0. The molecule has 0 radical (unpaired) electrons. The fraction of sp³-hybridized carbons (Fsp3) is 0.318. The van der Waals surface area contributed by atoms with Crippen LogP contribution in [0.4, 0.5) is 0 Å². The van der Waals surface area contributed by atoms with Gasteiger partial charge in [-0.15, -0.1) is 0 Å². The minimum absolute atomic E-state index is 0.0234. The summed E-state index contributed by atoms with van der Waals surface area (Å²) in [6.07, 6.45) is -0.240. The minimum atomic E-state index is -1.01. The number of amides is 2. The first-order valence-electron chi connectivity index (χ1n) is 9.07. The SMILES string of the molecule is CNC(=O)c1cccc(C(=O)NC(CC(=O)O)c2ccc(C(C)(C)C)cc2)c1. The Hall–Kier alpha value is -3.15. The van der Waals surface area contributed by atoms with E-state index < -0.39 is 17.9 Å². The number of hydrogen-bond acceptors (Lipinski definition) is 3. The lowest BCUT2D eigenvalue weighted by Gasteiger charge is -2.22. The molecule has 2 amide bonds. The molecular weight excluding hydrogens is 356 g/mol. The molecule has 0 fully saturated rings. The molecule has 0 aliphatic carbocycles. The number of carbonyl (C=O) groups is 3. The van der Waals surface area contributed by atoms with Gasteiger partial charge in [0.25, 0.3) is 11.8 Å². The zero-order chi connectivity index (χ0) is 20.9. The quantitative estimate of drug-likeness (QED) is 0.714. The van der Waals surface area contributed by atoms with Crippen LogP contribution in [0.25, 0.3) is 0 Å². The number of benzene rings is 2. The number of hydrogen-bond donors (Lipinski definition) is 3. The van der Waals surface area contributed by atoms with E-state index >= 15 is 0 Å². The lowest BCUT2D eigenvalue weighted by molar-refractivity contribution is -0.137. The van der Waals surface area contributed by atoms with Crippen molar-refractivity contribution in [3.63, 3.8) is 0 Å². The highest BCUT2D eigenvalue weighted by atomic mass is 16.4. The van der Waals surface area contributed by atoms with E-state index in [4.69, 9.17) is 0 Å². The summed E-state index contributed by atoms with van der Waals surface area (Å²) in [5, 5.41) is 14.5. The Balaban J connectivity index is 2.26. The molecule has 0 heterocycles. The predicted octanol–water partition coefficient (Wildman–Crippen LogP) is 3.29. The van der Waals surface area contributed by atoms with E-state index in [0.29, 0.717) is 16.7 Å². The van der Waals surface area contributed by atoms with Crippen molar-refractivity contribution in [1.29, 1.82) is 0 Å². The minimum Gasteiger partial charge on any atom is -0.481 e. The summed E-state index contributed by atoms with van der Waals surface area (Å²) in [6.45, 7) is 6.29. The number of carboxylic acids is 1. The Bertz CT molecular complexity index is 867. The smallest absolute Gasteiger partial charge is 0.305 e. The third-order valence-corrected chi connectivity index (χ3v) is 4.48. The summed E-state index contributed by atoms with van der Waals surface area (Å²) in [7, 11) is 1.51. The first-order valence-corrected chi connectivity index (χ1v) is 9.07. The molecule has 6 nitrogen and oxygen atoms in total. The van der Waals surface area contributed by atoms with E-state index in [1.165, 1.54) is 13.1 Å². The largest absolute Gasteiger partial charge is 0.481 e. The second kappa shape index (κ2) is 8.69. The van der Waals surface area contributed by atoms with Crippen LogP contribution >= 0.6 is 0 Å². The third-order valence-electron chi connectivity index (χ3n) is 4.48. The van der Waals surface area contributed by atoms with Crippen LogP contribution < -0.4 is 10.6 Å². The van der Waals surface area contributed by atoms with Gasteiger partial charge in [-0.2, -0.15) is 0 Å². The molecular formula is C22H26N2O4. The number of carboxylic acid groups (broad SMARTS) is 1. The lowest BCUT2D eigenvalue weighted by atomic mass is 9.86. The average Bonchev–Trinajstić information content (AvgIpc) is 2.66. The van der Waals surface area contributed by atoms with Gasteiger partial charge < -0.3 is 15.7 Å². The van der Waals surface area contributed by atoms with Crippen molar-refractivity contribution in [2.24, 2.45) is 0 Å². The molecule has 0 spiro atoms. The second-order valence-corrected chi connectivity index (χ2v) is 7.66. The third kappa shape index (κ3) is 5.42. The van der Waals surface area contributed by atoms with Crippen molar-refractivity contribution < 1.29 is 19.5 Å². The highest BCUT2D eigenvalue weighted by Crippen LogP contribution is 2.25. The maximum absolute atomic E-state index is 12.7. The van der Waals surface area contributed by atoms with Crippen LogP contribution in [0.1, 0.15) is 65.1 Å². The van der Waals surface area contributed by atoms with E-state index in [2.05, 4.69) is 31.4 Å². The fourth-order valence-electron chi connectivity index (χ4n) is 2.83. The zero-order valence-electron chi connectivity index (χ0n) is 16.6. The van der Waals surface area contributed by atoms with Crippen LogP contribution in [-0.4, -0.2) is 29.9 Å². The lowest BCUT2D eigenvalue weighted by Crippen LogP contribution is -2.30. The summed E-state index contributed by atoms with van der Waals surface area (Å²) >= 11 is 0. The first-order chi connectivity index (χ1) is 13.1. The molecule has 1 atom stereocenters. The van der Waals surface area contributed by atoms with Crippen LogP contribution in [0.2, 0.25) is 0 Å². The van der Waals surface area contributed by atoms with Crippen LogP contribution in [-0.2, 0) is 10.2 Å². The number of carbonyl (C=O) groups excluding carboxylic acids is 2. The van der Waals surface area contributed by atoms with E-state index in [0.717, 1.165) is 5.56 Å². The van der Waals surface area contributed by atoms with Gasteiger partial charge in [-0.25, -0.2) is 0 Å². The van der Waals surface area contributed by atoms with Gasteiger partial charge in [0.05, 0.1) is 12.5 Å². The van der Waals surface area contributed by atoms with E-state index in [1.807, 2.05) is 24.3 Å². The molecule has 28 heavy (non-hydrogen) atoms. The van der Waals surface area contributed by atoms with E-state index in [-0.39, 0.29) is 17.7 Å². The maximum atomic E-state index is 12.7. The van der Waals surface area contributed by atoms with Gasteiger partial charge in [0.1, 0.15) is 0 Å². The standard InChI is InChI=1S/C22H26N2O4/c1-22(2,3)17-10-8-14(9-11-17)18(13-19(25)26)24-21(28)16-7-5-6-15(12-16)20(27)23-4/h5-12,18H,13H2,1-4H3,(H,23,27)(H,24,28)(H,25,26). The van der Waals surface area contributed by atoms with Gasteiger partial charge >= 0.3 is 5.97 Å². The van der Waals surface area contributed by atoms with Gasteiger partial charge in [-0.3, -0.25) is 14.4 Å². The number of aliphatic carboxylic acids is 1.